The second kappa shape index (κ2) is 9.57. The van der Waals surface area contributed by atoms with Crippen molar-refractivity contribution in [1.82, 2.24) is 15.3 Å². The van der Waals surface area contributed by atoms with Crippen molar-refractivity contribution in [2.75, 3.05) is 6.61 Å². The van der Waals surface area contributed by atoms with Gasteiger partial charge in [-0.2, -0.15) is 13.2 Å². The van der Waals surface area contributed by atoms with E-state index < -0.39 is 12.8 Å². The van der Waals surface area contributed by atoms with Crippen molar-refractivity contribution in [3.63, 3.8) is 0 Å². The molecule has 0 saturated heterocycles. The van der Waals surface area contributed by atoms with Crippen LogP contribution in [0.2, 0.25) is 0 Å². The standard InChI is InChI=1S/C21H26F3N3O/c1-5-18(19-11-26-20(12-25-19)28-13-21(22,23)24)27-15(4)10-16-6-8-17(9-7-16)14(2)3/h6-9,11-12,14,18,27H,4-5,10,13H2,1-3H3. The molecule has 0 radical (unpaired) electrons. The molecule has 2 aromatic rings. The predicted molar refractivity (Wildman–Crippen MR) is 103 cm³/mol. The highest BCUT2D eigenvalue weighted by Crippen LogP contribution is 2.20. The molecule has 0 bridgehead atoms. The minimum atomic E-state index is -4.40. The molecule has 0 spiro atoms. The van der Waals surface area contributed by atoms with E-state index in [0.29, 0.717) is 18.0 Å². The van der Waals surface area contributed by atoms with Crippen molar-refractivity contribution in [1.29, 1.82) is 0 Å². The maximum absolute atomic E-state index is 12.2. The van der Waals surface area contributed by atoms with Crippen LogP contribution in [0.3, 0.4) is 0 Å². The van der Waals surface area contributed by atoms with Crippen LogP contribution in [0.1, 0.15) is 56.0 Å². The number of hydrogen-bond donors (Lipinski definition) is 1. The van der Waals surface area contributed by atoms with Gasteiger partial charge in [-0.15, -0.1) is 0 Å². The second-order valence-electron chi connectivity index (χ2n) is 6.97. The van der Waals surface area contributed by atoms with Crippen LogP contribution in [-0.2, 0) is 6.42 Å². The number of allylic oxidation sites excluding steroid dienone is 1. The third kappa shape index (κ3) is 6.87. The highest BCUT2D eigenvalue weighted by atomic mass is 19.4. The Kier molecular flexibility index (Phi) is 7.43. The topological polar surface area (TPSA) is 47.0 Å². The summed E-state index contributed by atoms with van der Waals surface area (Å²) in [7, 11) is 0. The smallest absolute Gasteiger partial charge is 0.422 e. The number of alkyl halides is 3. The molecule has 1 aromatic heterocycles. The lowest BCUT2D eigenvalue weighted by atomic mass is 10.0. The van der Waals surface area contributed by atoms with Crippen LogP contribution >= 0.6 is 0 Å². The van der Waals surface area contributed by atoms with Crippen LogP contribution in [0.15, 0.2) is 48.9 Å². The molecule has 0 aliphatic heterocycles. The molecule has 4 nitrogen and oxygen atoms in total. The molecule has 28 heavy (non-hydrogen) atoms. The summed E-state index contributed by atoms with van der Waals surface area (Å²) < 4.78 is 41.2. The molecular weight excluding hydrogens is 367 g/mol. The zero-order chi connectivity index (χ0) is 20.7. The average molecular weight is 393 g/mol. The Morgan fingerprint density at radius 1 is 1.14 bits per heavy atom. The van der Waals surface area contributed by atoms with E-state index in [1.807, 2.05) is 6.92 Å². The molecule has 1 N–H and O–H groups in total. The number of hydrogen-bond acceptors (Lipinski definition) is 4. The van der Waals surface area contributed by atoms with Crippen molar-refractivity contribution in [3.05, 3.63) is 65.8 Å². The van der Waals surface area contributed by atoms with E-state index in [1.54, 1.807) is 0 Å². The van der Waals surface area contributed by atoms with Gasteiger partial charge in [-0.1, -0.05) is 51.6 Å². The Morgan fingerprint density at radius 2 is 1.82 bits per heavy atom. The van der Waals surface area contributed by atoms with E-state index in [0.717, 1.165) is 17.7 Å². The molecule has 0 aliphatic rings. The number of rotatable bonds is 9. The molecule has 0 fully saturated rings. The Hall–Kier alpha value is -2.57. The van der Waals surface area contributed by atoms with Gasteiger partial charge in [-0.25, -0.2) is 4.98 Å². The first kappa shape index (κ1) is 21.7. The second-order valence-corrected chi connectivity index (χ2v) is 6.97. The summed E-state index contributed by atoms with van der Waals surface area (Å²) in [5.74, 6) is 0.335. The molecule has 0 saturated carbocycles. The predicted octanol–water partition coefficient (Wildman–Crippen LogP) is 5.34. The van der Waals surface area contributed by atoms with E-state index in [2.05, 4.69) is 64.7 Å². The van der Waals surface area contributed by atoms with Gasteiger partial charge < -0.3 is 10.1 Å². The molecular formula is C21H26F3N3O. The van der Waals surface area contributed by atoms with Crippen LogP contribution in [0.4, 0.5) is 13.2 Å². The summed E-state index contributed by atoms with van der Waals surface area (Å²) in [5, 5.41) is 3.33. The zero-order valence-electron chi connectivity index (χ0n) is 16.4. The van der Waals surface area contributed by atoms with Crippen molar-refractivity contribution in [2.24, 2.45) is 0 Å². The van der Waals surface area contributed by atoms with Crippen molar-refractivity contribution in [2.45, 2.75) is 51.7 Å². The number of aromatic nitrogens is 2. The van der Waals surface area contributed by atoms with Gasteiger partial charge in [0.15, 0.2) is 6.61 Å². The monoisotopic (exact) mass is 393 g/mol. The number of ether oxygens (including phenoxy) is 1. The van der Waals surface area contributed by atoms with Crippen LogP contribution in [0.5, 0.6) is 5.88 Å². The fraction of sp³-hybridized carbons (Fsp3) is 0.429. The van der Waals surface area contributed by atoms with Crippen LogP contribution in [0.25, 0.3) is 0 Å². The van der Waals surface area contributed by atoms with Crippen LogP contribution in [0, 0.1) is 0 Å². The van der Waals surface area contributed by atoms with Crippen molar-refractivity contribution < 1.29 is 17.9 Å². The van der Waals surface area contributed by atoms with Gasteiger partial charge in [0.25, 0.3) is 0 Å². The lowest BCUT2D eigenvalue weighted by molar-refractivity contribution is -0.154. The molecule has 2 rings (SSSR count). The summed E-state index contributed by atoms with van der Waals surface area (Å²) in [5.41, 5.74) is 3.90. The highest BCUT2D eigenvalue weighted by Gasteiger charge is 2.28. The fourth-order valence-electron chi connectivity index (χ4n) is 2.69. The van der Waals surface area contributed by atoms with Gasteiger partial charge in [0.05, 0.1) is 24.1 Å². The third-order valence-electron chi connectivity index (χ3n) is 4.24. The van der Waals surface area contributed by atoms with E-state index >= 15 is 0 Å². The minimum absolute atomic E-state index is 0.133. The number of benzene rings is 1. The number of halogens is 3. The van der Waals surface area contributed by atoms with E-state index in [4.69, 9.17) is 0 Å². The number of nitrogens with zero attached hydrogens (tertiary/aromatic N) is 2. The lowest BCUT2D eigenvalue weighted by Gasteiger charge is -2.20. The quantitative estimate of drug-likeness (QED) is 0.625. The Bertz CT molecular complexity index is 756. The van der Waals surface area contributed by atoms with Gasteiger partial charge >= 0.3 is 6.18 Å². The summed E-state index contributed by atoms with van der Waals surface area (Å²) in [6, 6.07) is 8.29. The number of nitrogens with one attached hydrogen (secondary N) is 1. The first-order chi connectivity index (χ1) is 13.2. The molecule has 1 heterocycles. The fourth-order valence-corrected chi connectivity index (χ4v) is 2.69. The first-order valence-electron chi connectivity index (χ1n) is 9.22. The Morgan fingerprint density at radius 3 is 2.32 bits per heavy atom. The third-order valence-corrected chi connectivity index (χ3v) is 4.24. The normalized spacial score (nSPS) is 12.7. The van der Waals surface area contributed by atoms with Crippen molar-refractivity contribution >= 4 is 0 Å². The minimum Gasteiger partial charge on any atom is -0.467 e. The van der Waals surface area contributed by atoms with E-state index in [1.165, 1.54) is 18.0 Å². The SMILES string of the molecule is C=C(Cc1ccc(C(C)C)cc1)NC(CC)c1cnc(OCC(F)(F)F)cn1. The molecule has 1 aromatic carbocycles. The van der Waals surface area contributed by atoms with Gasteiger partial charge in [0, 0.05) is 12.1 Å². The molecule has 152 valence electrons. The highest BCUT2D eigenvalue weighted by molar-refractivity contribution is 5.27. The summed E-state index contributed by atoms with van der Waals surface area (Å²) in [4.78, 5) is 8.10. The maximum atomic E-state index is 12.2. The summed E-state index contributed by atoms with van der Waals surface area (Å²) in [6.45, 7) is 8.99. The van der Waals surface area contributed by atoms with Crippen LogP contribution < -0.4 is 10.1 Å². The molecule has 0 aliphatic carbocycles. The average Bonchev–Trinajstić information content (AvgIpc) is 2.65. The van der Waals surface area contributed by atoms with Gasteiger partial charge in [-0.3, -0.25) is 4.98 Å². The zero-order valence-corrected chi connectivity index (χ0v) is 16.4. The van der Waals surface area contributed by atoms with E-state index in [9.17, 15) is 13.2 Å². The van der Waals surface area contributed by atoms with Gasteiger partial charge in [0.1, 0.15) is 0 Å². The summed E-state index contributed by atoms with van der Waals surface area (Å²) >= 11 is 0. The first-order valence-corrected chi connectivity index (χ1v) is 9.22. The molecule has 7 heteroatoms. The summed E-state index contributed by atoms with van der Waals surface area (Å²) in [6.07, 6.45) is -0.368. The van der Waals surface area contributed by atoms with Crippen molar-refractivity contribution in [3.8, 4) is 5.88 Å². The van der Waals surface area contributed by atoms with Gasteiger partial charge in [0.2, 0.25) is 5.88 Å². The van der Waals surface area contributed by atoms with Crippen LogP contribution in [-0.4, -0.2) is 22.8 Å². The molecule has 1 atom stereocenters. The molecule has 1 unspecified atom stereocenters. The van der Waals surface area contributed by atoms with E-state index in [-0.39, 0.29) is 11.9 Å². The molecule has 0 amide bonds. The Labute approximate surface area is 163 Å². The lowest BCUT2D eigenvalue weighted by Crippen LogP contribution is -2.22. The van der Waals surface area contributed by atoms with Gasteiger partial charge in [-0.05, 0) is 23.5 Å². The Balaban J connectivity index is 1.94. The maximum Gasteiger partial charge on any atom is 0.422 e. The largest absolute Gasteiger partial charge is 0.467 e.